The number of halogens is 2. The van der Waals surface area contributed by atoms with Crippen molar-refractivity contribution in [1.29, 1.82) is 0 Å². The molecular formula is C11H11BrINO3. The van der Waals surface area contributed by atoms with Gasteiger partial charge >= 0.3 is 5.97 Å². The summed E-state index contributed by atoms with van der Waals surface area (Å²) in [5.74, 6) is -1.09. The number of carbonyl (C=O) groups is 2. The molecule has 17 heavy (non-hydrogen) atoms. The number of amides is 1. The molecule has 0 saturated carbocycles. The number of hydrogen-bond acceptors (Lipinski definition) is 2. The van der Waals surface area contributed by atoms with Gasteiger partial charge in [0.15, 0.2) is 0 Å². The van der Waals surface area contributed by atoms with Crippen LogP contribution in [-0.2, 0) is 4.79 Å². The molecule has 6 heteroatoms. The normalized spacial score (nSPS) is 10.1. The van der Waals surface area contributed by atoms with Crippen molar-refractivity contribution in [3.05, 3.63) is 31.8 Å². The van der Waals surface area contributed by atoms with Gasteiger partial charge in [-0.15, -0.1) is 0 Å². The highest BCUT2D eigenvalue weighted by Gasteiger charge is 2.15. The SMILES string of the molecule is CN(CCC(=O)O)C(=O)c1cc(I)ccc1Br. The maximum Gasteiger partial charge on any atom is 0.305 e. The molecule has 1 N–H and O–H groups in total. The molecule has 0 bridgehead atoms. The molecule has 0 aliphatic carbocycles. The molecule has 1 aromatic carbocycles. The molecule has 0 saturated heterocycles. The highest BCUT2D eigenvalue weighted by atomic mass is 127. The first-order valence-corrected chi connectivity index (χ1v) is 6.71. The molecule has 0 aromatic heterocycles. The summed E-state index contributed by atoms with van der Waals surface area (Å²) < 4.78 is 1.67. The summed E-state index contributed by atoms with van der Waals surface area (Å²) in [6, 6.07) is 5.46. The minimum Gasteiger partial charge on any atom is -0.481 e. The summed E-state index contributed by atoms with van der Waals surface area (Å²) in [5, 5.41) is 8.56. The van der Waals surface area contributed by atoms with Crippen LogP contribution in [0.1, 0.15) is 16.8 Å². The van der Waals surface area contributed by atoms with Gasteiger partial charge in [-0.3, -0.25) is 9.59 Å². The van der Waals surface area contributed by atoms with Gasteiger partial charge in [0.2, 0.25) is 0 Å². The van der Waals surface area contributed by atoms with E-state index >= 15 is 0 Å². The van der Waals surface area contributed by atoms with Crippen molar-refractivity contribution in [2.75, 3.05) is 13.6 Å². The molecular weight excluding hydrogens is 401 g/mol. The smallest absolute Gasteiger partial charge is 0.305 e. The second-order valence-corrected chi connectivity index (χ2v) is 5.59. The third kappa shape index (κ3) is 4.27. The van der Waals surface area contributed by atoms with E-state index in [0.717, 1.165) is 3.57 Å². The molecule has 4 nitrogen and oxygen atoms in total. The molecule has 0 atom stereocenters. The fourth-order valence-electron chi connectivity index (χ4n) is 1.23. The van der Waals surface area contributed by atoms with Gasteiger partial charge in [-0.05, 0) is 56.7 Å². The number of hydrogen-bond donors (Lipinski definition) is 1. The van der Waals surface area contributed by atoms with Crippen LogP contribution in [0.25, 0.3) is 0 Å². The minimum absolute atomic E-state index is 0.0518. The Balaban J connectivity index is 2.81. The molecule has 0 aliphatic heterocycles. The van der Waals surface area contributed by atoms with Crippen molar-refractivity contribution in [2.24, 2.45) is 0 Å². The molecule has 1 aromatic rings. The molecule has 0 spiro atoms. The first kappa shape index (κ1) is 14.4. The van der Waals surface area contributed by atoms with Gasteiger partial charge in [0.25, 0.3) is 5.91 Å². The number of aliphatic carboxylic acids is 1. The molecule has 0 unspecified atom stereocenters. The molecule has 92 valence electrons. The Bertz CT molecular complexity index is 450. The maximum atomic E-state index is 12.0. The van der Waals surface area contributed by atoms with Crippen LogP contribution in [0.15, 0.2) is 22.7 Å². The van der Waals surface area contributed by atoms with E-state index in [-0.39, 0.29) is 18.9 Å². The Labute approximate surface area is 121 Å². The topological polar surface area (TPSA) is 57.6 Å². The third-order valence-corrected chi connectivity index (χ3v) is 3.53. The van der Waals surface area contributed by atoms with Crippen LogP contribution in [0.3, 0.4) is 0 Å². The summed E-state index contributed by atoms with van der Waals surface area (Å²) in [7, 11) is 1.59. The van der Waals surface area contributed by atoms with E-state index in [1.54, 1.807) is 19.2 Å². The van der Waals surface area contributed by atoms with Crippen LogP contribution in [0.5, 0.6) is 0 Å². The van der Waals surface area contributed by atoms with Crippen LogP contribution in [0.4, 0.5) is 0 Å². The number of benzene rings is 1. The Morgan fingerprint density at radius 3 is 2.71 bits per heavy atom. The standard InChI is InChI=1S/C11H11BrINO3/c1-14(5-4-10(15)16)11(17)8-6-7(13)2-3-9(8)12/h2-3,6H,4-5H2,1H3,(H,15,16). The maximum absolute atomic E-state index is 12.0. The first-order chi connectivity index (χ1) is 7.91. The van der Waals surface area contributed by atoms with Gasteiger partial charge in [0, 0.05) is 21.6 Å². The van der Waals surface area contributed by atoms with E-state index in [1.165, 1.54) is 4.90 Å². The summed E-state index contributed by atoms with van der Waals surface area (Å²) in [5.41, 5.74) is 0.546. The highest BCUT2D eigenvalue weighted by molar-refractivity contribution is 14.1. The lowest BCUT2D eigenvalue weighted by Crippen LogP contribution is -2.29. The summed E-state index contributed by atoms with van der Waals surface area (Å²) in [4.78, 5) is 23.9. The third-order valence-electron chi connectivity index (χ3n) is 2.17. The number of carboxylic acid groups (broad SMARTS) is 1. The predicted octanol–water partition coefficient (Wildman–Crippen LogP) is 2.60. The van der Waals surface area contributed by atoms with Gasteiger partial charge in [-0.2, -0.15) is 0 Å². The molecule has 1 rings (SSSR count). The summed E-state index contributed by atoms with van der Waals surface area (Å²) in [6.45, 7) is 0.200. The van der Waals surface area contributed by atoms with Crippen molar-refractivity contribution in [2.45, 2.75) is 6.42 Å². The highest BCUT2D eigenvalue weighted by Crippen LogP contribution is 2.20. The fraction of sp³-hybridized carbons (Fsp3) is 0.273. The molecule has 0 aliphatic rings. The van der Waals surface area contributed by atoms with Gasteiger partial charge in [-0.25, -0.2) is 0 Å². The monoisotopic (exact) mass is 411 g/mol. The second kappa shape index (κ2) is 6.34. The van der Waals surface area contributed by atoms with E-state index in [0.29, 0.717) is 10.0 Å². The molecule has 0 radical (unpaired) electrons. The van der Waals surface area contributed by atoms with Crippen molar-refractivity contribution in [1.82, 2.24) is 4.90 Å². The zero-order valence-corrected chi connectivity index (χ0v) is 12.9. The van der Waals surface area contributed by atoms with Crippen LogP contribution >= 0.6 is 38.5 Å². The predicted molar refractivity (Wildman–Crippen MR) is 76.1 cm³/mol. The van der Waals surface area contributed by atoms with Crippen molar-refractivity contribution < 1.29 is 14.7 Å². The summed E-state index contributed by atoms with van der Waals surface area (Å²) >= 11 is 5.44. The molecule has 0 heterocycles. The number of carboxylic acids is 1. The molecule has 0 fully saturated rings. The van der Waals surface area contributed by atoms with Gasteiger partial charge in [0.05, 0.1) is 12.0 Å². The fourth-order valence-corrected chi connectivity index (χ4v) is 2.14. The zero-order chi connectivity index (χ0) is 13.0. The minimum atomic E-state index is -0.911. The van der Waals surface area contributed by atoms with Gasteiger partial charge in [0.1, 0.15) is 0 Å². The Hall–Kier alpha value is -0.630. The largest absolute Gasteiger partial charge is 0.481 e. The molecule has 1 amide bonds. The van der Waals surface area contributed by atoms with Crippen LogP contribution in [-0.4, -0.2) is 35.5 Å². The van der Waals surface area contributed by atoms with Gasteiger partial charge in [-0.1, -0.05) is 0 Å². The number of nitrogens with zero attached hydrogens (tertiary/aromatic N) is 1. The lowest BCUT2D eigenvalue weighted by Gasteiger charge is -2.17. The zero-order valence-electron chi connectivity index (χ0n) is 9.11. The average molecular weight is 412 g/mol. The van der Waals surface area contributed by atoms with Crippen molar-refractivity contribution in [3.8, 4) is 0 Å². The van der Waals surface area contributed by atoms with Crippen LogP contribution in [0.2, 0.25) is 0 Å². The summed E-state index contributed by atoms with van der Waals surface area (Å²) in [6.07, 6.45) is -0.0518. The van der Waals surface area contributed by atoms with Gasteiger partial charge < -0.3 is 10.0 Å². The lowest BCUT2D eigenvalue weighted by atomic mass is 10.2. The second-order valence-electron chi connectivity index (χ2n) is 3.49. The quantitative estimate of drug-likeness (QED) is 0.775. The van der Waals surface area contributed by atoms with E-state index in [1.807, 2.05) is 6.07 Å². The van der Waals surface area contributed by atoms with E-state index in [2.05, 4.69) is 38.5 Å². The van der Waals surface area contributed by atoms with E-state index in [9.17, 15) is 9.59 Å². The van der Waals surface area contributed by atoms with E-state index in [4.69, 9.17) is 5.11 Å². The van der Waals surface area contributed by atoms with Crippen molar-refractivity contribution >= 4 is 50.4 Å². The van der Waals surface area contributed by atoms with E-state index < -0.39 is 5.97 Å². The Morgan fingerprint density at radius 2 is 2.12 bits per heavy atom. The lowest BCUT2D eigenvalue weighted by molar-refractivity contribution is -0.137. The Morgan fingerprint density at radius 1 is 1.47 bits per heavy atom. The van der Waals surface area contributed by atoms with Crippen molar-refractivity contribution in [3.63, 3.8) is 0 Å². The average Bonchev–Trinajstić information content (AvgIpc) is 2.28. The van der Waals surface area contributed by atoms with Crippen LogP contribution < -0.4 is 0 Å². The first-order valence-electron chi connectivity index (χ1n) is 4.84. The Kier molecular flexibility index (Phi) is 5.38. The number of rotatable bonds is 4. The number of carbonyl (C=O) groups excluding carboxylic acids is 1. The van der Waals surface area contributed by atoms with Crippen LogP contribution in [0, 0.1) is 3.57 Å².